The molecule has 3 saturated carbocycles. The summed E-state index contributed by atoms with van der Waals surface area (Å²) in [5.74, 6) is -0.0533. The van der Waals surface area contributed by atoms with E-state index >= 15 is 0 Å². The van der Waals surface area contributed by atoms with Gasteiger partial charge in [0, 0.05) is 6.61 Å². The molecule has 5 fully saturated rings. The van der Waals surface area contributed by atoms with E-state index in [2.05, 4.69) is 20.4 Å². The van der Waals surface area contributed by atoms with Crippen LogP contribution in [0.2, 0.25) is 0 Å². The Morgan fingerprint density at radius 1 is 1.04 bits per heavy atom. The predicted molar refractivity (Wildman–Crippen MR) is 99.4 cm³/mol. The van der Waals surface area contributed by atoms with Crippen LogP contribution in [0, 0.1) is 22.7 Å². The van der Waals surface area contributed by atoms with Crippen LogP contribution in [0.3, 0.4) is 0 Å². The van der Waals surface area contributed by atoms with Crippen molar-refractivity contribution in [2.24, 2.45) is 22.7 Å². The van der Waals surface area contributed by atoms with Gasteiger partial charge >= 0.3 is 0 Å². The van der Waals surface area contributed by atoms with Gasteiger partial charge in [-0.15, -0.1) is 0 Å². The molecular formula is C22H30O6. The van der Waals surface area contributed by atoms with Crippen LogP contribution < -0.4 is 0 Å². The van der Waals surface area contributed by atoms with Gasteiger partial charge in [0.25, 0.3) is 0 Å². The fourth-order valence-electron chi connectivity index (χ4n) is 7.11. The summed E-state index contributed by atoms with van der Waals surface area (Å²) in [6.45, 7) is 8.49. The Bertz CT molecular complexity index is 777. The molecule has 6 nitrogen and oxygen atoms in total. The van der Waals surface area contributed by atoms with E-state index in [1.807, 2.05) is 0 Å². The number of epoxide rings is 2. The minimum absolute atomic E-state index is 0.0690. The number of aliphatic hydroxyl groups excluding tert-OH is 2. The number of rotatable bonds is 4. The van der Waals surface area contributed by atoms with E-state index < -0.39 is 30.0 Å². The second-order valence-corrected chi connectivity index (χ2v) is 10.3. The van der Waals surface area contributed by atoms with Crippen molar-refractivity contribution in [1.82, 2.24) is 0 Å². The fraction of sp³-hybridized carbons (Fsp3) is 0.818. The summed E-state index contributed by atoms with van der Waals surface area (Å²) in [6, 6.07) is 0. The van der Waals surface area contributed by atoms with E-state index in [0.717, 1.165) is 37.7 Å². The van der Waals surface area contributed by atoms with E-state index in [1.54, 1.807) is 0 Å². The van der Waals surface area contributed by atoms with Gasteiger partial charge in [-0.2, -0.15) is 0 Å². The van der Waals surface area contributed by atoms with Gasteiger partial charge in [0.15, 0.2) is 29.2 Å². The number of fused-ring (bicyclic) bond motifs is 3. The molecule has 0 aromatic rings. The van der Waals surface area contributed by atoms with Crippen molar-refractivity contribution in [3.8, 4) is 0 Å². The number of aliphatic hydroxyl groups is 2. The number of ketones is 2. The van der Waals surface area contributed by atoms with Crippen molar-refractivity contribution in [3.05, 3.63) is 12.2 Å². The van der Waals surface area contributed by atoms with E-state index in [0.29, 0.717) is 12.3 Å². The Hall–Kier alpha value is -1.08. The zero-order valence-electron chi connectivity index (χ0n) is 16.7. The summed E-state index contributed by atoms with van der Waals surface area (Å²) in [6.07, 6.45) is 3.76. The first-order chi connectivity index (χ1) is 13.2. The van der Waals surface area contributed by atoms with Crippen molar-refractivity contribution >= 4 is 11.6 Å². The summed E-state index contributed by atoms with van der Waals surface area (Å²) in [5, 5.41) is 19.7. The van der Waals surface area contributed by atoms with E-state index in [-0.39, 0.29) is 34.9 Å². The molecule has 2 N–H and O–H groups in total. The fourth-order valence-corrected chi connectivity index (χ4v) is 7.11. The van der Waals surface area contributed by atoms with E-state index in [9.17, 15) is 19.8 Å². The highest BCUT2D eigenvalue weighted by atomic mass is 16.7. The maximum absolute atomic E-state index is 13.1. The molecule has 0 spiro atoms. The number of hydrogen-bond acceptors (Lipinski definition) is 6. The molecule has 0 radical (unpaired) electrons. The molecule has 2 aliphatic heterocycles. The number of hydrogen-bond donors (Lipinski definition) is 2. The lowest BCUT2D eigenvalue weighted by Gasteiger charge is -2.58. The van der Waals surface area contributed by atoms with Gasteiger partial charge in [-0.3, -0.25) is 9.59 Å². The Kier molecular flexibility index (Phi) is 3.74. The van der Waals surface area contributed by atoms with Gasteiger partial charge in [-0.05, 0) is 54.8 Å². The van der Waals surface area contributed by atoms with Crippen molar-refractivity contribution in [2.45, 2.75) is 75.8 Å². The molecule has 0 bridgehead atoms. The average Bonchev–Trinajstić information content (AvgIpc) is 3.57. The van der Waals surface area contributed by atoms with Gasteiger partial charge in [0.2, 0.25) is 5.78 Å². The number of allylic oxidation sites excluding steroid dienone is 1. The van der Waals surface area contributed by atoms with E-state index in [4.69, 9.17) is 9.47 Å². The minimum atomic E-state index is -1.35. The van der Waals surface area contributed by atoms with Crippen LogP contribution in [0.5, 0.6) is 0 Å². The standard InChI is InChI=1S/C22H30O6/c1-12-5-6-14-19(2,10-23)7-4-8-20(14,3)13(12)9-21-15(25)18-22(11-24,28-18)16(26)17(21)27-21/h13-14,17-18,23-24H,1,4-11H2,2-3H3. The van der Waals surface area contributed by atoms with Crippen molar-refractivity contribution in [3.63, 3.8) is 0 Å². The Balaban J connectivity index is 1.46. The van der Waals surface area contributed by atoms with Crippen LogP contribution in [0.1, 0.15) is 52.4 Å². The molecule has 5 rings (SSSR count). The smallest absolute Gasteiger partial charge is 0.202 e. The first kappa shape index (κ1) is 18.9. The third-order valence-corrected chi connectivity index (χ3v) is 8.95. The number of carbonyl (C=O) groups excluding carboxylic acids is 2. The lowest BCUT2D eigenvalue weighted by atomic mass is 9.46. The molecular weight excluding hydrogens is 360 g/mol. The maximum Gasteiger partial charge on any atom is 0.202 e. The minimum Gasteiger partial charge on any atom is -0.396 e. The summed E-state index contributed by atoms with van der Waals surface area (Å²) < 4.78 is 11.2. The molecule has 2 heterocycles. The summed E-state index contributed by atoms with van der Waals surface area (Å²) in [4.78, 5) is 25.8. The third kappa shape index (κ3) is 2.07. The van der Waals surface area contributed by atoms with Crippen LogP contribution in [0.15, 0.2) is 12.2 Å². The van der Waals surface area contributed by atoms with Crippen LogP contribution in [-0.2, 0) is 19.1 Å². The molecule has 0 aromatic carbocycles. The molecule has 8 atom stereocenters. The molecule has 154 valence electrons. The molecule has 28 heavy (non-hydrogen) atoms. The van der Waals surface area contributed by atoms with Crippen LogP contribution in [0.25, 0.3) is 0 Å². The Morgan fingerprint density at radius 3 is 2.36 bits per heavy atom. The summed E-state index contributed by atoms with van der Waals surface area (Å²) >= 11 is 0. The van der Waals surface area contributed by atoms with Crippen LogP contribution in [0.4, 0.5) is 0 Å². The van der Waals surface area contributed by atoms with Crippen molar-refractivity contribution < 1.29 is 29.3 Å². The summed E-state index contributed by atoms with van der Waals surface area (Å²) in [5.41, 5.74) is -1.53. The zero-order chi connectivity index (χ0) is 20.1. The third-order valence-electron chi connectivity index (χ3n) is 8.95. The molecule has 0 amide bonds. The lowest BCUT2D eigenvalue weighted by molar-refractivity contribution is -0.131. The van der Waals surface area contributed by atoms with Gasteiger partial charge in [-0.1, -0.05) is 32.4 Å². The van der Waals surface area contributed by atoms with Crippen molar-refractivity contribution in [2.75, 3.05) is 13.2 Å². The molecule has 8 unspecified atom stereocenters. The number of Topliss-reactive ketones (excluding diaryl/α,β-unsaturated/α-hetero) is 2. The SMILES string of the molecule is C=C1CCC2C(C)(CO)CCCC2(C)C1CC12OC1C(=O)C1(CO)OC1C2=O. The highest BCUT2D eigenvalue weighted by Gasteiger charge is 2.84. The van der Waals surface area contributed by atoms with Crippen LogP contribution in [-0.4, -0.2) is 58.4 Å². The maximum atomic E-state index is 13.1. The highest BCUT2D eigenvalue weighted by molar-refractivity contribution is 6.16. The Morgan fingerprint density at radius 2 is 1.68 bits per heavy atom. The normalized spacial score (nSPS) is 54.6. The quantitative estimate of drug-likeness (QED) is 0.558. The first-order valence-corrected chi connectivity index (χ1v) is 10.5. The van der Waals surface area contributed by atoms with Gasteiger partial charge in [0.1, 0.15) is 0 Å². The van der Waals surface area contributed by atoms with Gasteiger partial charge in [0.05, 0.1) is 6.61 Å². The molecule has 2 saturated heterocycles. The Labute approximate surface area is 165 Å². The van der Waals surface area contributed by atoms with Crippen LogP contribution >= 0.6 is 0 Å². The monoisotopic (exact) mass is 390 g/mol. The number of carbonyl (C=O) groups is 2. The zero-order valence-corrected chi connectivity index (χ0v) is 16.7. The predicted octanol–water partition coefficient (Wildman–Crippen LogP) is 1.57. The molecule has 0 aromatic heterocycles. The molecule has 3 aliphatic carbocycles. The lowest BCUT2D eigenvalue weighted by Crippen LogP contribution is -2.55. The topological polar surface area (TPSA) is 99.7 Å². The molecule has 5 aliphatic rings. The average molecular weight is 390 g/mol. The van der Waals surface area contributed by atoms with Crippen molar-refractivity contribution in [1.29, 1.82) is 0 Å². The molecule has 6 heteroatoms. The van der Waals surface area contributed by atoms with E-state index in [1.165, 1.54) is 0 Å². The van der Waals surface area contributed by atoms with Gasteiger partial charge in [-0.25, -0.2) is 0 Å². The summed E-state index contributed by atoms with van der Waals surface area (Å²) in [7, 11) is 0. The van der Waals surface area contributed by atoms with Gasteiger partial charge < -0.3 is 19.7 Å². The largest absolute Gasteiger partial charge is 0.396 e. The number of ether oxygens (including phenoxy) is 2. The first-order valence-electron chi connectivity index (χ1n) is 10.5. The highest BCUT2D eigenvalue weighted by Crippen LogP contribution is 2.65. The second kappa shape index (κ2) is 5.54. The second-order valence-electron chi connectivity index (χ2n) is 10.3.